The molecule has 6 heteroatoms. The van der Waals surface area contributed by atoms with E-state index in [1.807, 2.05) is 84.6 Å². The van der Waals surface area contributed by atoms with Crippen LogP contribution in [0, 0.1) is 22.7 Å². The molecule has 6 nitrogen and oxygen atoms in total. The molecule has 0 aromatic heterocycles. The second-order valence-electron chi connectivity index (χ2n) is 11.8. The molecule has 1 saturated heterocycles. The zero-order valence-electron chi connectivity index (χ0n) is 26.0. The lowest BCUT2D eigenvalue weighted by molar-refractivity contribution is -0.161. The zero-order chi connectivity index (χ0) is 31.6. The monoisotopic (exact) mass is 600 g/mol. The second-order valence-corrected chi connectivity index (χ2v) is 11.8. The van der Waals surface area contributed by atoms with Crippen molar-refractivity contribution in [1.29, 1.82) is 5.26 Å². The topological polar surface area (TPSA) is 79.6 Å². The Balaban J connectivity index is 1.34. The molecule has 230 valence electrons. The van der Waals surface area contributed by atoms with Crippen molar-refractivity contribution in [3.05, 3.63) is 126 Å². The number of methoxy groups -OCH3 is 1. The fourth-order valence-electron chi connectivity index (χ4n) is 6.57. The molecule has 1 aliphatic heterocycles. The molecule has 0 N–H and O–H groups in total. The van der Waals surface area contributed by atoms with Crippen LogP contribution in [0.5, 0.6) is 5.75 Å². The lowest BCUT2D eigenvalue weighted by atomic mass is 9.72. The summed E-state index contributed by atoms with van der Waals surface area (Å²) in [5.41, 5.74) is 3.79. The number of aryl methyl sites for hydroxylation is 2. The fraction of sp³-hybridized carbons (Fsp3) is 0.308. The molecule has 1 aliphatic rings. The quantitative estimate of drug-likeness (QED) is 0.119. The highest BCUT2D eigenvalue weighted by Gasteiger charge is 2.62. The molecular formula is C39H40N2O4. The Hall–Kier alpha value is -4.89. The maximum Gasteiger partial charge on any atom is 0.321 e. The Kier molecular flexibility index (Phi) is 10.3. The number of carbonyl (C=O) groups excluding carboxylic acids is 2. The largest absolute Gasteiger partial charge is 0.491 e. The molecule has 0 aliphatic carbocycles. The highest BCUT2D eigenvalue weighted by Crippen LogP contribution is 2.46. The van der Waals surface area contributed by atoms with E-state index in [-0.39, 0.29) is 24.5 Å². The number of carbonyl (C=O) groups is 2. The van der Waals surface area contributed by atoms with Gasteiger partial charge < -0.3 is 14.4 Å². The lowest BCUT2D eigenvalue weighted by Gasteiger charge is -2.29. The van der Waals surface area contributed by atoms with E-state index < -0.39 is 11.4 Å². The average molecular weight is 601 g/mol. The van der Waals surface area contributed by atoms with Crippen LogP contribution in [-0.4, -0.2) is 43.1 Å². The van der Waals surface area contributed by atoms with E-state index in [1.54, 1.807) is 12.1 Å². The molecule has 1 fully saturated rings. The number of amides is 1. The SMILES string of the molecule is COC(=O)[C@]1(CCCc2ccccc2)C(=O)N(CCCc2ccccc2)[C@H](COc2ccc(-c3ccc(C#N)cc3)cc2)C1C. The summed E-state index contributed by atoms with van der Waals surface area (Å²) in [6, 6.07) is 37.5. The van der Waals surface area contributed by atoms with E-state index >= 15 is 0 Å². The van der Waals surface area contributed by atoms with E-state index in [1.165, 1.54) is 18.2 Å². The summed E-state index contributed by atoms with van der Waals surface area (Å²) in [4.78, 5) is 29.8. The second kappa shape index (κ2) is 14.7. The number of nitriles is 1. The number of hydrogen-bond acceptors (Lipinski definition) is 5. The third-order valence-corrected chi connectivity index (χ3v) is 9.16. The van der Waals surface area contributed by atoms with Crippen LogP contribution in [0.2, 0.25) is 0 Å². The van der Waals surface area contributed by atoms with E-state index in [2.05, 4.69) is 30.3 Å². The van der Waals surface area contributed by atoms with Gasteiger partial charge in [-0.3, -0.25) is 9.59 Å². The first-order chi connectivity index (χ1) is 22.0. The summed E-state index contributed by atoms with van der Waals surface area (Å²) in [6.45, 7) is 2.80. The molecule has 0 saturated carbocycles. The first kappa shape index (κ1) is 31.5. The van der Waals surface area contributed by atoms with E-state index in [0.717, 1.165) is 30.4 Å². The van der Waals surface area contributed by atoms with Gasteiger partial charge >= 0.3 is 5.97 Å². The van der Waals surface area contributed by atoms with Crippen molar-refractivity contribution in [3.8, 4) is 22.9 Å². The molecule has 3 atom stereocenters. The molecule has 4 aromatic rings. The smallest absolute Gasteiger partial charge is 0.321 e. The van der Waals surface area contributed by atoms with Crippen LogP contribution < -0.4 is 4.74 Å². The van der Waals surface area contributed by atoms with Crippen LogP contribution in [0.25, 0.3) is 11.1 Å². The highest BCUT2D eigenvalue weighted by atomic mass is 16.5. The van der Waals surface area contributed by atoms with E-state index in [4.69, 9.17) is 14.7 Å². The number of ether oxygens (including phenoxy) is 2. The number of likely N-dealkylation sites (tertiary alicyclic amines) is 1. The normalized spacial score (nSPS) is 19.2. The predicted molar refractivity (Wildman–Crippen MR) is 175 cm³/mol. The third-order valence-electron chi connectivity index (χ3n) is 9.16. The minimum absolute atomic E-state index is 0.160. The van der Waals surface area contributed by atoms with Crippen LogP contribution >= 0.6 is 0 Å². The predicted octanol–water partition coefficient (Wildman–Crippen LogP) is 7.27. The van der Waals surface area contributed by atoms with Crippen molar-refractivity contribution in [2.75, 3.05) is 20.3 Å². The standard InChI is InChI=1S/C39H40N2O4/c1-29-36(28-45-35-23-21-34(22-24-35)33-19-17-32(27-40)18-20-33)41(26-10-16-31-13-7-4-8-14-31)37(42)39(29,38(43)44-2)25-9-15-30-11-5-3-6-12-30/h3-8,11-14,17-24,29,36H,9-10,15-16,25-26,28H2,1-2H3/t29?,36-,39+/m1/s1. The first-order valence-corrected chi connectivity index (χ1v) is 15.7. The summed E-state index contributed by atoms with van der Waals surface area (Å²) in [5, 5.41) is 9.09. The van der Waals surface area contributed by atoms with Gasteiger partial charge in [0.1, 0.15) is 12.4 Å². The van der Waals surface area contributed by atoms with Crippen LogP contribution in [0.15, 0.2) is 109 Å². The Morgan fingerprint density at radius 2 is 1.38 bits per heavy atom. The molecule has 1 heterocycles. The van der Waals surface area contributed by atoms with Crippen molar-refractivity contribution in [2.24, 2.45) is 11.3 Å². The van der Waals surface area contributed by atoms with Crippen molar-refractivity contribution < 1.29 is 19.1 Å². The first-order valence-electron chi connectivity index (χ1n) is 15.7. The number of esters is 1. The van der Waals surface area contributed by atoms with Crippen molar-refractivity contribution in [3.63, 3.8) is 0 Å². The minimum Gasteiger partial charge on any atom is -0.491 e. The maximum absolute atomic E-state index is 14.3. The average Bonchev–Trinajstić information content (AvgIpc) is 3.29. The molecular weight excluding hydrogens is 560 g/mol. The molecule has 1 unspecified atom stereocenters. The summed E-state index contributed by atoms with van der Waals surface area (Å²) >= 11 is 0. The minimum atomic E-state index is -1.26. The van der Waals surface area contributed by atoms with Crippen molar-refractivity contribution in [1.82, 2.24) is 4.90 Å². The molecule has 5 rings (SSSR count). The van der Waals surface area contributed by atoms with Gasteiger partial charge in [-0.2, -0.15) is 5.26 Å². The van der Waals surface area contributed by atoms with Gasteiger partial charge in [-0.25, -0.2) is 0 Å². The van der Waals surface area contributed by atoms with E-state index in [9.17, 15) is 9.59 Å². The summed E-state index contributed by atoms with van der Waals surface area (Å²) in [5.74, 6) is -0.234. The molecule has 1 amide bonds. The van der Waals surface area contributed by atoms with Crippen LogP contribution in [0.1, 0.15) is 42.9 Å². The maximum atomic E-state index is 14.3. The van der Waals surface area contributed by atoms with Gasteiger partial charge in [0.15, 0.2) is 5.41 Å². The van der Waals surface area contributed by atoms with Gasteiger partial charge in [-0.1, -0.05) is 91.9 Å². The Labute approximate surface area is 266 Å². The Morgan fingerprint density at radius 3 is 1.93 bits per heavy atom. The van der Waals surface area contributed by atoms with Gasteiger partial charge in [0, 0.05) is 12.5 Å². The highest BCUT2D eigenvalue weighted by molar-refractivity contribution is 6.05. The fourth-order valence-corrected chi connectivity index (χ4v) is 6.57. The molecule has 4 aromatic carbocycles. The lowest BCUT2D eigenvalue weighted by Crippen LogP contribution is -2.44. The molecule has 45 heavy (non-hydrogen) atoms. The van der Waals surface area contributed by atoms with Gasteiger partial charge in [-0.05, 0) is 78.6 Å². The van der Waals surface area contributed by atoms with Gasteiger partial charge in [0.2, 0.25) is 5.91 Å². The van der Waals surface area contributed by atoms with Gasteiger partial charge in [0.05, 0.1) is 24.8 Å². The summed E-state index contributed by atoms with van der Waals surface area (Å²) in [7, 11) is 1.38. The third kappa shape index (κ3) is 7.10. The van der Waals surface area contributed by atoms with E-state index in [0.29, 0.717) is 30.7 Å². The van der Waals surface area contributed by atoms with Crippen LogP contribution in [-0.2, 0) is 27.2 Å². The Bertz CT molecular complexity index is 1600. The summed E-state index contributed by atoms with van der Waals surface area (Å²) < 4.78 is 11.7. The van der Waals surface area contributed by atoms with Crippen LogP contribution in [0.4, 0.5) is 0 Å². The number of nitrogens with zero attached hydrogens (tertiary/aromatic N) is 2. The molecule has 0 radical (unpaired) electrons. The molecule has 0 spiro atoms. The van der Waals surface area contributed by atoms with Crippen molar-refractivity contribution >= 4 is 11.9 Å². The number of rotatable bonds is 13. The van der Waals surface area contributed by atoms with Gasteiger partial charge in [0.25, 0.3) is 0 Å². The van der Waals surface area contributed by atoms with Crippen molar-refractivity contribution in [2.45, 2.75) is 45.1 Å². The van der Waals surface area contributed by atoms with Gasteiger partial charge in [-0.15, -0.1) is 0 Å². The number of benzene rings is 4. The zero-order valence-corrected chi connectivity index (χ0v) is 26.0. The number of hydrogen-bond donors (Lipinski definition) is 0. The summed E-state index contributed by atoms with van der Waals surface area (Å²) in [6.07, 6.45) is 3.50. The Morgan fingerprint density at radius 1 is 0.822 bits per heavy atom. The molecule has 0 bridgehead atoms. The van der Waals surface area contributed by atoms with Crippen LogP contribution in [0.3, 0.4) is 0 Å².